The molecule has 5 heteroatoms. The normalized spacial score (nSPS) is 13.1. The zero-order valence-electron chi connectivity index (χ0n) is 11.1. The fourth-order valence-electron chi connectivity index (χ4n) is 1.98. The third-order valence-corrected chi connectivity index (χ3v) is 3.01. The van der Waals surface area contributed by atoms with Crippen LogP contribution in [-0.2, 0) is 6.54 Å². The van der Waals surface area contributed by atoms with Gasteiger partial charge in [0.15, 0.2) is 5.78 Å². The maximum absolute atomic E-state index is 12.1. The number of nitrogens with zero attached hydrogens (tertiary/aromatic N) is 2. The number of hydrogen-bond acceptors (Lipinski definition) is 4. The number of rotatable bonds is 5. The molecule has 0 aliphatic heterocycles. The van der Waals surface area contributed by atoms with E-state index in [1.165, 1.54) is 0 Å². The molecule has 0 saturated carbocycles. The SMILES string of the molecule is CC(C)C(=O)c1nn(CC(O)CO)c2ccccc12. The second kappa shape index (κ2) is 5.50. The van der Waals surface area contributed by atoms with Crippen LogP contribution in [0.4, 0.5) is 0 Å². The topological polar surface area (TPSA) is 75.4 Å². The van der Waals surface area contributed by atoms with Crippen LogP contribution in [0, 0.1) is 5.92 Å². The third kappa shape index (κ3) is 2.67. The van der Waals surface area contributed by atoms with E-state index in [4.69, 9.17) is 5.11 Å². The number of benzene rings is 1. The van der Waals surface area contributed by atoms with Gasteiger partial charge in [0.2, 0.25) is 0 Å². The first kappa shape index (κ1) is 13.7. The molecule has 1 heterocycles. The number of para-hydroxylation sites is 1. The second-order valence-corrected chi connectivity index (χ2v) is 4.90. The van der Waals surface area contributed by atoms with E-state index in [0.717, 1.165) is 10.9 Å². The fraction of sp³-hybridized carbons (Fsp3) is 0.429. The highest BCUT2D eigenvalue weighted by molar-refractivity contribution is 6.06. The Morgan fingerprint density at radius 1 is 1.37 bits per heavy atom. The van der Waals surface area contributed by atoms with Gasteiger partial charge in [-0.25, -0.2) is 0 Å². The second-order valence-electron chi connectivity index (χ2n) is 4.90. The Morgan fingerprint density at radius 3 is 2.68 bits per heavy atom. The van der Waals surface area contributed by atoms with Crippen molar-refractivity contribution < 1.29 is 15.0 Å². The summed E-state index contributed by atoms with van der Waals surface area (Å²) in [5, 5.41) is 23.5. The molecule has 0 spiro atoms. The number of ketones is 1. The van der Waals surface area contributed by atoms with Crippen LogP contribution in [0.3, 0.4) is 0 Å². The summed E-state index contributed by atoms with van der Waals surface area (Å²) >= 11 is 0. The van der Waals surface area contributed by atoms with Gasteiger partial charge in [-0.15, -0.1) is 0 Å². The van der Waals surface area contributed by atoms with Gasteiger partial charge in [-0.2, -0.15) is 5.10 Å². The molecule has 102 valence electrons. The summed E-state index contributed by atoms with van der Waals surface area (Å²) in [6, 6.07) is 7.41. The highest BCUT2D eigenvalue weighted by Crippen LogP contribution is 2.21. The number of Topliss-reactive ketones (excluding diaryl/α,β-unsaturated/α-hetero) is 1. The average Bonchev–Trinajstić information content (AvgIpc) is 2.76. The molecule has 2 rings (SSSR count). The van der Waals surface area contributed by atoms with Gasteiger partial charge in [-0.1, -0.05) is 32.0 Å². The molecule has 1 aromatic heterocycles. The first-order valence-corrected chi connectivity index (χ1v) is 6.33. The van der Waals surface area contributed by atoms with E-state index < -0.39 is 6.10 Å². The number of fused-ring (bicyclic) bond motifs is 1. The molecule has 1 atom stereocenters. The zero-order chi connectivity index (χ0) is 14.0. The largest absolute Gasteiger partial charge is 0.394 e. The lowest BCUT2D eigenvalue weighted by Crippen LogP contribution is -2.21. The van der Waals surface area contributed by atoms with Gasteiger partial charge in [0.05, 0.1) is 24.8 Å². The number of aliphatic hydroxyl groups excluding tert-OH is 2. The van der Waals surface area contributed by atoms with E-state index >= 15 is 0 Å². The molecular formula is C14H18N2O3. The van der Waals surface area contributed by atoms with Crippen molar-refractivity contribution in [3.05, 3.63) is 30.0 Å². The van der Waals surface area contributed by atoms with Crippen LogP contribution >= 0.6 is 0 Å². The van der Waals surface area contributed by atoms with Gasteiger partial charge in [-0.3, -0.25) is 9.48 Å². The standard InChI is InChI=1S/C14H18N2O3/c1-9(2)14(19)13-11-5-3-4-6-12(11)16(15-13)7-10(18)8-17/h3-6,9-10,17-18H,7-8H2,1-2H3. The van der Waals surface area contributed by atoms with E-state index in [1.807, 2.05) is 38.1 Å². The Morgan fingerprint density at radius 2 is 2.05 bits per heavy atom. The summed E-state index contributed by atoms with van der Waals surface area (Å²) in [4.78, 5) is 12.1. The summed E-state index contributed by atoms with van der Waals surface area (Å²) < 4.78 is 1.58. The lowest BCUT2D eigenvalue weighted by molar-refractivity contribution is 0.0788. The number of aliphatic hydroxyl groups is 2. The summed E-state index contributed by atoms with van der Waals surface area (Å²) in [6.07, 6.45) is -0.884. The lowest BCUT2D eigenvalue weighted by atomic mass is 10.0. The average molecular weight is 262 g/mol. The maximum Gasteiger partial charge on any atom is 0.186 e. The van der Waals surface area contributed by atoms with Gasteiger partial charge in [0.1, 0.15) is 5.69 Å². The number of aromatic nitrogens is 2. The van der Waals surface area contributed by atoms with Crippen molar-refractivity contribution in [2.75, 3.05) is 6.61 Å². The molecule has 2 N–H and O–H groups in total. The lowest BCUT2D eigenvalue weighted by Gasteiger charge is -2.07. The Bertz CT molecular complexity index is 589. The van der Waals surface area contributed by atoms with E-state index in [9.17, 15) is 9.90 Å². The monoisotopic (exact) mass is 262 g/mol. The van der Waals surface area contributed by atoms with Crippen LogP contribution in [0.25, 0.3) is 10.9 Å². The minimum Gasteiger partial charge on any atom is -0.394 e. The molecule has 2 aromatic rings. The van der Waals surface area contributed by atoms with E-state index in [2.05, 4.69) is 5.10 Å². The van der Waals surface area contributed by atoms with Crippen LogP contribution in [0.5, 0.6) is 0 Å². The van der Waals surface area contributed by atoms with E-state index in [-0.39, 0.29) is 24.9 Å². The smallest absolute Gasteiger partial charge is 0.186 e. The van der Waals surface area contributed by atoms with Crippen molar-refractivity contribution in [1.29, 1.82) is 0 Å². The molecule has 0 saturated heterocycles. The Kier molecular flexibility index (Phi) is 3.97. The summed E-state index contributed by atoms with van der Waals surface area (Å²) in [5.41, 5.74) is 1.22. The molecule has 0 aliphatic carbocycles. The van der Waals surface area contributed by atoms with Crippen molar-refractivity contribution in [3.8, 4) is 0 Å². The maximum atomic E-state index is 12.1. The van der Waals surface area contributed by atoms with Crippen LogP contribution < -0.4 is 0 Å². The third-order valence-electron chi connectivity index (χ3n) is 3.01. The minimum atomic E-state index is -0.884. The number of carbonyl (C=O) groups is 1. The van der Waals surface area contributed by atoms with Crippen LogP contribution in [0.15, 0.2) is 24.3 Å². The van der Waals surface area contributed by atoms with Crippen LogP contribution in [0.1, 0.15) is 24.3 Å². The van der Waals surface area contributed by atoms with Crippen molar-refractivity contribution in [2.45, 2.75) is 26.5 Å². The molecule has 0 bridgehead atoms. The molecule has 0 fully saturated rings. The van der Waals surface area contributed by atoms with Crippen molar-refractivity contribution in [3.63, 3.8) is 0 Å². The summed E-state index contributed by atoms with van der Waals surface area (Å²) in [7, 11) is 0. The number of carbonyl (C=O) groups excluding carboxylic acids is 1. The van der Waals surface area contributed by atoms with Crippen molar-refractivity contribution in [1.82, 2.24) is 9.78 Å². The van der Waals surface area contributed by atoms with Gasteiger partial charge >= 0.3 is 0 Å². The van der Waals surface area contributed by atoms with E-state index in [1.54, 1.807) is 4.68 Å². The molecule has 5 nitrogen and oxygen atoms in total. The Hall–Kier alpha value is -1.72. The van der Waals surface area contributed by atoms with Crippen LogP contribution in [0.2, 0.25) is 0 Å². The molecule has 0 aliphatic rings. The first-order valence-electron chi connectivity index (χ1n) is 6.33. The Balaban J connectivity index is 2.51. The quantitative estimate of drug-likeness (QED) is 0.795. The fourth-order valence-corrected chi connectivity index (χ4v) is 1.98. The molecule has 0 amide bonds. The molecule has 0 radical (unpaired) electrons. The van der Waals surface area contributed by atoms with Gasteiger partial charge in [0.25, 0.3) is 0 Å². The summed E-state index contributed by atoms with van der Waals surface area (Å²) in [6.45, 7) is 3.50. The number of hydrogen-bond donors (Lipinski definition) is 2. The zero-order valence-corrected chi connectivity index (χ0v) is 11.1. The van der Waals surface area contributed by atoms with Crippen LogP contribution in [-0.4, -0.2) is 38.5 Å². The molecule has 1 unspecified atom stereocenters. The predicted octanol–water partition coefficient (Wildman–Crippen LogP) is 1.23. The summed E-state index contributed by atoms with van der Waals surface area (Å²) in [5.74, 6) is -0.150. The highest BCUT2D eigenvalue weighted by Gasteiger charge is 2.20. The molecule has 19 heavy (non-hydrogen) atoms. The van der Waals surface area contributed by atoms with Crippen molar-refractivity contribution >= 4 is 16.7 Å². The van der Waals surface area contributed by atoms with Crippen molar-refractivity contribution in [2.24, 2.45) is 5.92 Å². The van der Waals surface area contributed by atoms with Gasteiger partial charge in [-0.05, 0) is 6.07 Å². The minimum absolute atomic E-state index is 0.0200. The Labute approximate surface area is 111 Å². The molecular weight excluding hydrogens is 244 g/mol. The molecule has 1 aromatic carbocycles. The first-order chi connectivity index (χ1) is 9.04. The highest BCUT2D eigenvalue weighted by atomic mass is 16.3. The predicted molar refractivity (Wildman–Crippen MR) is 72.0 cm³/mol. The van der Waals surface area contributed by atoms with Gasteiger partial charge in [0, 0.05) is 11.3 Å². The van der Waals surface area contributed by atoms with Gasteiger partial charge < -0.3 is 10.2 Å². The van der Waals surface area contributed by atoms with E-state index in [0.29, 0.717) is 5.69 Å².